The highest BCUT2D eigenvalue weighted by Crippen LogP contribution is 2.24. The summed E-state index contributed by atoms with van der Waals surface area (Å²) in [4.78, 5) is 21.7. The maximum atomic E-state index is 11.4. The Bertz CT molecular complexity index is 460. The van der Waals surface area contributed by atoms with Crippen molar-refractivity contribution in [1.29, 1.82) is 0 Å². The lowest BCUT2D eigenvalue weighted by Crippen LogP contribution is -2.37. The van der Waals surface area contributed by atoms with Gasteiger partial charge in [-0.05, 0) is 30.5 Å². The van der Waals surface area contributed by atoms with Crippen LogP contribution in [0.15, 0.2) is 18.2 Å². The number of hydrogen-bond acceptors (Lipinski definition) is 2. The molecule has 0 radical (unpaired) electrons. The van der Waals surface area contributed by atoms with Crippen molar-refractivity contribution in [2.45, 2.75) is 19.3 Å². The summed E-state index contributed by atoms with van der Waals surface area (Å²) in [6, 6.07) is 4.92. The second-order valence-corrected chi connectivity index (χ2v) is 4.94. The molecular formula is C13H16Cl2N2O3. The molecule has 0 atom stereocenters. The molecule has 1 rings (SSSR count). The molecule has 1 aromatic carbocycles. The van der Waals surface area contributed by atoms with Crippen LogP contribution in [0.25, 0.3) is 0 Å². The zero-order valence-corrected chi connectivity index (χ0v) is 12.3. The molecule has 3 N–H and O–H groups in total. The van der Waals surface area contributed by atoms with E-state index in [1.165, 1.54) is 0 Å². The zero-order valence-electron chi connectivity index (χ0n) is 10.8. The van der Waals surface area contributed by atoms with Gasteiger partial charge in [0, 0.05) is 29.6 Å². The Morgan fingerprint density at radius 3 is 2.30 bits per heavy atom. The maximum Gasteiger partial charge on any atom is 0.314 e. The lowest BCUT2D eigenvalue weighted by Gasteiger charge is -2.09. The van der Waals surface area contributed by atoms with Gasteiger partial charge in [-0.2, -0.15) is 0 Å². The number of carboxylic acids is 1. The Labute approximate surface area is 127 Å². The molecule has 0 spiro atoms. The first-order valence-corrected chi connectivity index (χ1v) is 6.92. The number of rotatable bonds is 7. The smallest absolute Gasteiger partial charge is 0.314 e. The van der Waals surface area contributed by atoms with E-state index in [-0.39, 0.29) is 12.5 Å². The van der Waals surface area contributed by atoms with Gasteiger partial charge in [-0.3, -0.25) is 4.79 Å². The van der Waals surface area contributed by atoms with Crippen LogP contribution in [-0.4, -0.2) is 30.2 Å². The van der Waals surface area contributed by atoms with Crippen LogP contribution < -0.4 is 10.6 Å². The third kappa shape index (κ3) is 6.12. The molecule has 110 valence electrons. The van der Waals surface area contributed by atoms with Crippen LogP contribution in [0, 0.1) is 0 Å². The van der Waals surface area contributed by atoms with Crippen molar-refractivity contribution < 1.29 is 14.7 Å². The van der Waals surface area contributed by atoms with Gasteiger partial charge in [0.1, 0.15) is 0 Å². The van der Waals surface area contributed by atoms with Gasteiger partial charge in [0.2, 0.25) is 0 Å². The number of carbonyl (C=O) groups excluding carboxylic acids is 1. The molecule has 0 fully saturated rings. The Morgan fingerprint density at radius 1 is 1.10 bits per heavy atom. The summed E-state index contributed by atoms with van der Waals surface area (Å²) in [5.74, 6) is -0.874. The molecule has 0 saturated heterocycles. The van der Waals surface area contributed by atoms with E-state index >= 15 is 0 Å². The minimum atomic E-state index is -0.874. The van der Waals surface area contributed by atoms with Gasteiger partial charge in [-0.25, -0.2) is 4.79 Å². The van der Waals surface area contributed by atoms with Crippen LogP contribution in [0.5, 0.6) is 0 Å². The summed E-state index contributed by atoms with van der Waals surface area (Å²) in [5.41, 5.74) is 0.794. The van der Waals surface area contributed by atoms with Crippen molar-refractivity contribution in [2.75, 3.05) is 13.1 Å². The van der Waals surface area contributed by atoms with Gasteiger partial charge < -0.3 is 15.7 Å². The predicted molar refractivity (Wildman–Crippen MR) is 78.4 cm³/mol. The zero-order chi connectivity index (χ0) is 15.0. The lowest BCUT2D eigenvalue weighted by molar-refractivity contribution is -0.137. The van der Waals surface area contributed by atoms with Crippen molar-refractivity contribution in [3.63, 3.8) is 0 Å². The minimum Gasteiger partial charge on any atom is -0.481 e. The average molecular weight is 319 g/mol. The number of carbonyl (C=O) groups is 2. The van der Waals surface area contributed by atoms with Crippen molar-refractivity contribution >= 4 is 35.2 Å². The number of benzene rings is 1. The number of aliphatic carboxylic acids is 1. The van der Waals surface area contributed by atoms with Crippen LogP contribution in [0.3, 0.4) is 0 Å². The van der Waals surface area contributed by atoms with E-state index in [4.69, 9.17) is 28.3 Å². The molecule has 0 aliphatic carbocycles. The van der Waals surface area contributed by atoms with E-state index in [1.807, 2.05) is 0 Å². The van der Waals surface area contributed by atoms with Gasteiger partial charge in [-0.15, -0.1) is 0 Å². The molecule has 1 aromatic rings. The Morgan fingerprint density at radius 2 is 1.70 bits per heavy atom. The highest BCUT2D eigenvalue weighted by atomic mass is 35.5. The Hall–Kier alpha value is -1.46. The molecule has 0 unspecified atom stereocenters. The standard InChI is InChI=1S/C13H16Cl2N2O3/c14-10-3-1-4-11(15)9(10)6-8-17-13(20)16-7-2-5-12(18)19/h1,3-4H,2,5-8H2,(H,18,19)(H2,16,17,20). The van der Waals surface area contributed by atoms with E-state index in [2.05, 4.69) is 10.6 Å². The average Bonchev–Trinajstić information content (AvgIpc) is 2.38. The van der Waals surface area contributed by atoms with Crippen LogP contribution in [-0.2, 0) is 11.2 Å². The van der Waals surface area contributed by atoms with E-state index in [9.17, 15) is 9.59 Å². The fraction of sp³-hybridized carbons (Fsp3) is 0.385. The fourth-order valence-electron chi connectivity index (χ4n) is 1.58. The number of nitrogens with one attached hydrogen (secondary N) is 2. The summed E-state index contributed by atoms with van der Waals surface area (Å²) in [5, 5.41) is 14.8. The summed E-state index contributed by atoms with van der Waals surface area (Å²) in [6.07, 6.45) is 0.968. The van der Waals surface area contributed by atoms with Crippen LogP contribution >= 0.6 is 23.2 Å². The van der Waals surface area contributed by atoms with Crippen LogP contribution in [0.4, 0.5) is 4.79 Å². The third-order valence-corrected chi connectivity index (χ3v) is 3.28. The van der Waals surface area contributed by atoms with Gasteiger partial charge in [0.15, 0.2) is 0 Å². The Kier molecular flexibility index (Phi) is 7.18. The molecule has 5 nitrogen and oxygen atoms in total. The fourth-order valence-corrected chi connectivity index (χ4v) is 2.16. The summed E-state index contributed by atoms with van der Waals surface area (Å²) >= 11 is 12.0. The molecule has 0 aliphatic rings. The highest BCUT2D eigenvalue weighted by Gasteiger charge is 2.06. The quantitative estimate of drug-likeness (QED) is 0.676. The van der Waals surface area contributed by atoms with E-state index in [1.54, 1.807) is 18.2 Å². The predicted octanol–water partition coefficient (Wildman–Crippen LogP) is 2.70. The van der Waals surface area contributed by atoms with Crippen molar-refractivity contribution in [3.8, 4) is 0 Å². The lowest BCUT2D eigenvalue weighted by atomic mass is 10.1. The first-order valence-electron chi connectivity index (χ1n) is 6.17. The third-order valence-electron chi connectivity index (χ3n) is 2.58. The van der Waals surface area contributed by atoms with E-state index in [0.717, 1.165) is 5.56 Å². The minimum absolute atomic E-state index is 0.0372. The van der Waals surface area contributed by atoms with Crippen LogP contribution in [0.1, 0.15) is 18.4 Å². The molecule has 0 bridgehead atoms. The van der Waals surface area contributed by atoms with Gasteiger partial charge in [0.25, 0.3) is 0 Å². The van der Waals surface area contributed by atoms with E-state index < -0.39 is 5.97 Å². The second kappa shape index (κ2) is 8.66. The van der Waals surface area contributed by atoms with Crippen molar-refractivity contribution in [1.82, 2.24) is 10.6 Å². The van der Waals surface area contributed by atoms with Gasteiger partial charge in [0.05, 0.1) is 0 Å². The normalized spacial score (nSPS) is 10.1. The van der Waals surface area contributed by atoms with Crippen molar-refractivity contribution in [3.05, 3.63) is 33.8 Å². The number of hydrogen-bond donors (Lipinski definition) is 3. The number of halogens is 2. The number of urea groups is 1. The van der Waals surface area contributed by atoms with E-state index in [0.29, 0.717) is 36.0 Å². The SMILES string of the molecule is O=C(O)CCCNC(=O)NCCc1c(Cl)cccc1Cl. The summed E-state index contributed by atoms with van der Waals surface area (Å²) in [7, 11) is 0. The monoisotopic (exact) mass is 318 g/mol. The van der Waals surface area contributed by atoms with Gasteiger partial charge >= 0.3 is 12.0 Å². The topological polar surface area (TPSA) is 78.4 Å². The van der Waals surface area contributed by atoms with Crippen molar-refractivity contribution in [2.24, 2.45) is 0 Å². The first-order chi connectivity index (χ1) is 9.50. The molecule has 20 heavy (non-hydrogen) atoms. The molecule has 0 aromatic heterocycles. The van der Waals surface area contributed by atoms with Gasteiger partial charge in [-0.1, -0.05) is 29.3 Å². The highest BCUT2D eigenvalue weighted by molar-refractivity contribution is 6.35. The molecule has 0 aliphatic heterocycles. The summed E-state index contributed by atoms with van der Waals surface area (Å²) < 4.78 is 0. The molecule has 0 saturated carbocycles. The van der Waals surface area contributed by atoms with Crippen LogP contribution in [0.2, 0.25) is 10.0 Å². The molecular weight excluding hydrogens is 303 g/mol. The summed E-state index contributed by atoms with van der Waals surface area (Å²) in [6.45, 7) is 0.721. The first kappa shape index (κ1) is 16.6. The molecule has 0 heterocycles. The maximum absolute atomic E-state index is 11.4. The number of carboxylic acid groups (broad SMARTS) is 1. The Balaban J connectivity index is 2.23. The molecule has 7 heteroatoms. The largest absolute Gasteiger partial charge is 0.481 e. The molecule has 2 amide bonds. The second-order valence-electron chi connectivity index (χ2n) is 4.13. The number of amides is 2.